The van der Waals surface area contributed by atoms with Crippen LogP contribution in [-0.2, 0) is 61.8 Å². The number of amides is 4. The molecule has 0 aliphatic carbocycles. The molecule has 5 aliphatic heterocycles. The van der Waals surface area contributed by atoms with Crippen LogP contribution < -0.4 is 21.3 Å². The Balaban J connectivity index is 1.51. The van der Waals surface area contributed by atoms with Crippen LogP contribution in [0.15, 0.2) is 0 Å². The molecule has 0 saturated carbocycles. The van der Waals surface area contributed by atoms with Gasteiger partial charge < -0.3 is 120 Å². The molecule has 28 nitrogen and oxygen atoms in total. The summed E-state index contributed by atoms with van der Waals surface area (Å²) in [5, 5.41) is 130. The van der Waals surface area contributed by atoms with Crippen molar-refractivity contribution in [1.29, 1.82) is 0 Å². The lowest BCUT2D eigenvalue weighted by molar-refractivity contribution is -0.392. The zero-order valence-electron chi connectivity index (χ0n) is 36.8. The number of carbonyl (C=O) groups excluding carboxylic acids is 4. The van der Waals surface area contributed by atoms with E-state index in [1.807, 2.05) is 0 Å². The van der Waals surface area contributed by atoms with E-state index in [0.717, 1.165) is 27.7 Å². The van der Waals surface area contributed by atoms with E-state index in [1.165, 1.54) is 13.8 Å². The highest BCUT2D eigenvalue weighted by Gasteiger charge is 2.57. The molecule has 5 fully saturated rings. The smallest absolute Gasteiger partial charge is 0.217 e. The van der Waals surface area contributed by atoms with E-state index in [2.05, 4.69) is 21.3 Å². The first-order chi connectivity index (χ1) is 31.0. The van der Waals surface area contributed by atoms with Crippen LogP contribution in [0, 0.1) is 0 Å². The molecule has 5 heterocycles. The largest absolute Gasteiger partial charge is 0.394 e. The van der Waals surface area contributed by atoms with E-state index >= 15 is 0 Å². The fourth-order valence-corrected chi connectivity index (χ4v) is 8.55. The molecule has 5 aliphatic rings. The van der Waals surface area contributed by atoms with Crippen LogP contribution >= 0.6 is 0 Å². The van der Waals surface area contributed by atoms with E-state index in [0.29, 0.717) is 0 Å². The Morgan fingerprint density at radius 1 is 0.394 bits per heavy atom. The fourth-order valence-electron chi connectivity index (χ4n) is 8.55. The average molecular weight is 961 g/mol. The Hall–Kier alpha value is -2.92. The predicted molar refractivity (Wildman–Crippen MR) is 210 cm³/mol. The molecule has 0 unspecified atom stereocenters. The van der Waals surface area contributed by atoms with E-state index in [9.17, 15) is 75.3 Å². The monoisotopic (exact) mass is 960 g/mol. The summed E-state index contributed by atoms with van der Waals surface area (Å²) in [5.41, 5.74) is 0. The zero-order valence-corrected chi connectivity index (χ0v) is 36.8. The van der Waals surface area contributed by atoms with Crippen molar-refractivity contribution in [3.63, 3.8) is 0 Å². The first-order valence-corrected chi connectivity index (χ1v) is 21.3. The topological polar surface area (TPSA) is 422 Å². The minimum Gasteiger partial charge on any atom is -0.394 e. The van der Waals surface area contributed by atoms with Crippen molar-refractivity contribution in [3.05, 3.63) is 0 Å². The van der Waals surface area contributed by atoms with E-state index < -0.39 is 197 Å². The molecule has 0 radical (unpaired) electrons. The quantitative estimate of drug-likeness (QED) is 0.0725. The Bertz CT molecular complexity index is 1640. The van der Waals surface area contributed by atoms with Crippen LogP contribution in [-0.4, -0.2) is 253 Å². The number of aliphatic hydroxyl groups is 11. The lowest BCUT2D eigenvalue weighted by Crippen LogP contribution is -2.71. The summed E-state index contributed by atoms with van der Waals surface area (Å²) in [6.07, 6.45) is -36.3. The number of carbonyl (C=O) groups is 4. The van der Waals surface area contributed by atoms with Crippen molar-refractivity contribution in [2.75, 3.05) is 19.8 Å². The van der Waals surface area contributed by atoms with Crippen LogP contribution in [0.5, 0.6) is 0 Å². The second-order valence-corrected chi connectivity index (χ2v) is 16.9. The summed E-state index contributed by atoms with van der Waals surface area (Å²) in [4.78, 5) is 49.2. The van der Waals surface area contributed by atoms with Crippen LogP contribution in [0.25, 0.3) is 0 Å². The number of hydrogen-bond acceptors (Lipinski definition) is 24. The molecule has 4 amide bonds. The van der Waals surface area contributed by atoms with Gasteiger partial charge in [-0.15, -0.1) is 0 Å². The molecule has 25 atom stereocenters. The van der Waals surface area contributed by atoms with Gasteiger partial charge in [-0.3, -0.25) is 19.2 Å². The Labute approximate surface area is 377 Å². The van der Waals surface area contributed by atoms with Gasteiger partial charge in [0.2, 0.25) is 23.6 Å². The molecule has 0 bridgehead atoms. The fraction of sp³-hybridized carbons (Fsp3) is 0.895. The van der Waals surface area contributed by atoms with Crippen molar-refractivity contribution < 1.29 is 118 Å². The first-order valence-electron chi connectivity index (χ1n) is 21.3. The van der Waals surface area contributed by atoms with Crippen LogP contribution in [0.2, 0.25) is 0 Å². The van der Waals surface area contributed by atoms with Crippen molar-refractivity contribution in [1.82, 2.24) is 21.3 Å². The van der Waals surface area contributed by atoms with Gasteiger partial charge >= 0.3 is 0 Å². The SMILES string of the molecule is CC(=O)N[C@@H]1[C@@H](O)[C@H](C)O[C@H](O[C@@H]2[C@@H](O)[C@@H](O[C@H]3[C@@H](O)[C@H](O[C@H]4[C@H](O)[C@@H](CO)O[C@@H](O)[C@@H]4NC(C)=O)O[C@@H](C)[C@H]3O)O[C@H](CO)[C@H]2O[C@@H]2O[C@H](CO)[C@@H](O)[C@H](O)[C@H]2NC(C)=O)[C@@H]1NC(C)=O. The van der Waals surface area contributed by atoms with Gasteiger partial charge in [0, 0.05) is 27.7 Å². The van der Waals surface area contributed by atoms with Crippen molar-refractivity contribution >= 4 is 23.6 Å². The molecule has 15 N–H and O–H groups in total. The number of nitrogens with one attached hydrogen (secondary N) is 4. The van der Waals surface area contributed by atoms with Crippen LogP contribution in [0.4, 0.5) is 0 Å². The molecule has 28 heteroatoms. The molecule has 0 aromatic heterocycles. The third-order valence-corrected chi connectivity index (χ3v) is 11.9. The lowest BCUT2D eigenvalue weighted by Gasteiger charge is -2.51. The zero-order chi connectivity index (χ0) is 49.1. The van der Waals surface area contributed by atoms with Gasteiger partial charge in [0.25, 0.3) is 0 Å². The van der Waals surface area contributed by atoms with Gasteiger partial charge in [0.1, 0.15) is 104 Å². The molecule has 380 valence electrons. The molecular formula is C38H64N4O24. The van der Waals surface area contributed by atoms with Gasteiger partial charge in [-0.1, -0.05) is 0 Å². The molecule has 66 heavy (non-hydrogen) atoms. The number of hydrogen-bond donors (Lipinski definition) is 15. The molecule has 0 aromatic carbocycles. The van der Waals surface area contributed by atoms with Crippen molar-refractivity contribution in [2.24, 2.45) is 0 Å². The maximum absolute atomic E-state index is 12.5. The lowest BCUT2D eigenvalue weighted by atomic mass is 9.93. The highest BCUT2D eigenvalue weighted by Crippen LogP contribution is 2.37. The Morgan fingerprint density at radius 3 is 1.38 bits per heavy atom. The first kappa shape index (κ1) is 54.0. The number of ether oxygens (including phenoxy) is 9. The van der Waals surface area contributed by atoms with E-state index in [1.54, 1.807) is 0 Å². The third kappa shape index (κ3) is 12.1. The minimum absolute atomic E-state index is 0.632. The van der Waals surface area contributed by atoms with Crippen LogP contribution in [0.3, 0.4) is 0 Å². The summed E-state index contributed by atoms with van der Waals surface area (Å²) in [7, 11) is 0. The highest BCUT2D eigenvalue weighted by atomic mass is 16.8. The highest BCUT2D eigenvalue weighted by molar-refractivity contribution is 5.75. The Kier molecular flexibility index (Phi) is 18.9. The maximum atomic E-state index is 12.5. The molecule has 0 spiro atoms. The summed E-state index contributed by atoms with van der Waals surface area (Å²) in [6, 6.07) is -5.78. The van der Waals surface area contributed by atoms with E-state index in [4.69, 9.17) is 42.6 Å². The average Bonchev–Trinajstić information content (AvgIpc) is 3.24. The van der Waals surface area contributed by atoms with Crippen LogP contribution in [0.1, 0.15) is 41.5 Å². The van der Waals surface area contributed by atoms with Crippen molar-refractivity contribution in [2.45, 2.75) is 195 Å². The maximum Gasteiger partial charge on any atom is 0.217 e. The predicted octanol–water partition coefficient (Wildman–Crippen LogP) is -9.29. The summed E-state index contributed by atoms with van der Waals surface area (Å²) in [5.74, 6) is -2.75. The minimum atomic E-state index is -2.16. The van der Waals surface area contributed by atoms with Gasteiger partial charge in [-0.05, 0) is 13.8 Å². The Morgan fingerprint density at radius 2 is 0.803 bits per heavy atom. The molecule has 5 rings (SSSR count). The van der Waals surface area contributed by atoms with E-state index in [-0.39, 0.29) is 0 Å². The standard InChI is InChI=1S/C38H64N4O24/c1-10-23(50)19(39-12(3)46)20(40-13(4)47)35(58-10)66-33-29(56)38(62-18(9-45)30(33)63-36-21(41-14(5)48)27(54)25(52)16(7-43)61-36)65-32-24(51)11(2)59-37(28(32)55)64-31-22(42-15(6)49)34(57)60-17(8-44)26(31)53/h10-11,16-38,43-45,50-57H,7-9H2,1-6H3,(H,39,46)(H,40,47)(H,41,48)(H,42,49)/t10-,11-,16+,17+,18+,19-,20+,21+,22+,23-,24+,25+,26+,27+,28+,29+,30+,31+,32+,33+,34+,35+,36-,37-,38+/m0/s1. The van der Waals surface area contributed by atoms with Gasteiger partial charge in [0.05, 0.1) is 38.1 Å². The van der Waals surface area contributed by atoms with Gasteiger partial charge in [-0.2, -0.15) is 0 Å². The number of rotatable bonds is 15. The third-order valence-electron chi connectivity index (χ3n) is 11.9. The molecule has 5 saturated heterocycles. The second kappa shape index (κ2) is 23.1. The van der Waals surface area contributed by atoms with Gasteiger partial charge in [0.15, 0.2) is 31.5 Å². The summed E-state index contributed by atoms with van der Waals surface area (Å²) >= 11 is 0. The molecule has 0 aromatic rings. The number of aliphatic hydroxyl groups excluding tert-OH is 11. The normalized spacial score (nSPS) is 46.5. The van der Waals surface area contributed by atoms with Gasteiger partial charge in [-0.25, -0.2) is 0 Å². The van der Waals surface area contributed by atoms with Crippen molar-refractivity contribution in [3.8, 4) is 0 Å². The summed E-state index contributed by atoms with van der Waals surface area (Å²) < 4.78 is 53.1. The molecular weight excluding hydrogens is 896 g/mol. The summed E-state index contributed by atoms with van der Waals surface area (Å²) in [6.45, 7) is 4.49. The second-order valence-electron chi connectivity index (χ2n) is 16.9.